The molecular formula is C8H5N2O. The van der Waals surface area contributed by atoms with Gasteiger partial charge in [0.05, 0.1) is 5.39 Å². The molecule has 0 aromatic carbocycles. The highest BCUT2D eigenvalue weighted by molar-refractivity contribution is 5.72. The van der Waals surface area contributed by atoms with Crippen LogP contribution in [0, 0.1) is 11.3 Å². The van der Waals surface area contributed by atoms with Crippen LogP contribution in [0.1, 0.15) is 0 Å². The van der Waals surface area contributed by atoms with Crippen LogP contribution in [-0.2, 0) is 0 Å². The molecule has 53 valence electrons. The molecule has 11 heavy (non-hydrogen) atoms. The largest absolute Gasteiger partial charge is 0.618 e. The van der Waals surface area contributed by atoms with E-state index in [1.54, 1.807) is 24.5 Å². The summed E-state index contributed by atoms with van der Waals surface area (Å²) in [6.07, 6.45) is 4.62. The van der Waals surface area contributed by atoms with Gasteiger partial charge in [-0.2, -0.15) is 4.73 Å². The lowest BCUT2D eigenvalue weighted by Gasteiger charge is -1.97. The van der Waals surface area contributed by atoms with Crippen LogP contribution >= 0.6 is 0 Å². The highest BCUT2D eigenvalue weighted by Crippen LogP contribution is 2.03. The summed E-state index contributed by atoms with van der Waals surface area (Å²) in [7, 11) is 0. The SMILES string of the molecule is [O-][n+]1cc[c]c2cnccc21. The molecule has 2 rings (SSSR count). The van der Waals surface area contributed by atoms with Gasteiger partial charge in [-0.25, -0.2) is 0 Å². The Morgan fingerprint density at radius 3 is 3.27 bits per heavy atom. The molecule has 2 aromatic heterocycles. The van der Waals surface area contributed by atoms with E-state index < -0.39 is 0 Å². The third kappa shape index (κ3) is 0.902. The molecule has 0 saturated carbocycles. The quantitative estimate of drug-likeness (QED) is 0.403. The van der Waals surface area contributed by atoms with Crippen molar-refractivity contribution in [1.29, 1.82) is 0 Å². The van der Waals surface area contributed by atoms with Crippen LogP contribution in [0.3, 0.4) is 0 Å². The van der Waals surface area contributed by atoms with Gasteiger partial charge in [0.2, 0.25) is 5.52 Å². The lowest BCUT2D eigenvalue weighted by Crippen LogP contribution is -2.25. The van der Waals surface area contributed by atoms with Crippen molar-refractivity contribution in [2.45, 2.75) is 0 Å². The van der Waals surface area contributed by atoms with Gasteiger partial charge in [-0.15, -0.1) is 0 Å². The van der Waals surface area contributed by atoms with Crippen molar-refractivity contribution in [2.75, 3.05) is 0 Å². The number of hydrogen-bond acceptors (Lipinski definition) is 2. The van der Waals surface area contributed by atoms with Crippen LogP contribution in [0.2, 0.25) is 0 Å². The Morgan fingerprint density at radius 1 is 1.55 bits per heavy atom. The molecule has 0 N–H and O–H groups in total. The minimum atomic E-state index is 0.600. The molecule has 0 aliphatic carbocycles. The Kier molecular flexibility index (Phi) is 1.22. The van der Waals surface area contributed by atoms with E-state index in [0.717, 1.165) is 10.1 Å². The van der Waals surface area contributed by atoms with Gasteiger partial charge in [0.1, 0.15) is 0 Å². The maximum absolute atomic E-state index is 11.0. The second-order valence-electron chi connectivity index (χ2n) is 2.18. The zero-order valence-corrected chi connectivity index (χ0v) is 5.69. The topological polar surface area (TPSA) is 39.8 Å². The molecule has 0 aliphatic rings. The average Bonchev–Trinajstić information content (AvgIpc) is 2.06. The van der Waals surface area contributed by atoms with Crippen molar-refractivity contribution >= 4 is 10.9 Å². The van der Waals surface area contributed by atoms with Gasteiger partial charge in [0.15, 0.2) is 6.20 Å². The van der Waals surface area contributed by atoms with Crippen molar-refractivity contribution in [3.8, 4) is 0 Å². The Bertz CT molecular complexity index is 381. The summed E-state index contributed by atoms with van der Waals surface area (Å²) in [4.78, 5) is 3.87. The number of hydrogen-bond donors (Lipinski definition) is 0. The fourth-order valence-corrected chi connectivity index (χ4v) is 0.966. The molecule has 3 nitrogen and oxygen atoms in total. The molecule has 0 fully saturated rings. The van der Waals surface area contributed by atoms with E-state index in [1.807, 2.05) is 0 Å². The zero-order chi connectivity index (χ0) is 7.68. The van der Waals surface area contributed by atoms with Crippen molar-refractivity contribution in [1.82, 2.24) is 4.98 Å². The summed E-state index contributed by atoms with van der Waals surface area (Å²) in [5.41, 5.74) is 0.600. The minimum absolute atomic E-state index is 0.600. The molecule has 0 spiro atoms. The Labute approximate surface area is 63.5 Å². The predicted octanol–water partition coefficient (Wildman–Crippen LogP) is 0.668. The van der Waals surface area contributed by atoms with Gasteiger partial charge in [-0.1, -0.05) is 0 Å². The predicted molar refractivity (Wildman–Crippen MR) is 39.5 cm³/mol. The summed E-state index contributed by atoms with van der Waals surface area (Å²) in [5, 5.41) is 11.8. The number of fused-ring (bicyclic) bond motifs is 1. The Hall–Kier alpha value is -1.64. The maximum atomic E-state index is 11.0. The standard InChI is InChI=1S/C8H5N2O/c11-10-5-1-2-7-6-9-4-3-8(7)10/h1,3-6H. The maximum Gasteiger partial charge on any atom is 0.227 e. The fraction of sp³-hybridized carbons (Fsp3) is 0. The lowest BCUT2D eigenvalue weighted by atomic mass is 10.3. The van der Waals surface area contributed by atoms with Gasteiger partial charge in [0, 0.05) is 30.6 Å². The van der Waals surface area contributed by atoms with Crippen LogP contribution in [0.4, 0.5) is 0 Å². The molecule has 0 unspecified atom stereocenters. The van der Waals surface area contributed by atoms with Crippen molar-refractivity contribution < 1.29 is 4.73 Å². The molecule has 0 atom stereocenters. The highest BCUT2D eigenvalue weighted by atomic mass is 16.5. The monoisotopic (exact) mass is 145 g/mol. The summed E-state index contributed by atoms with van der Waals surface area (Å²) in [6, 6.07) is 6.15. The normalized spacial score (nSPS) is 10.2. The molecule has 2 heterocycles. The highest BCUT2D eigenvalue weighted by Gasteiger charge is 1.99. The first-order valence-corrected chi connectivity index (χ1v) is 3.21. The van der Waals surface area contributed by atoms with E-state index in [2.05, 4.69) is 11.1 Å². The molecule has 0 amide bonds. The van der Waals surface area contributed by atoms with E-state index >= 15 is 0 Å². The molecule has 0 bridgehead atoms. The van der Waals surface area contributed by atoms with E-state index in [9.17, 15) is 5.21 Å². The van der Waals surface area contributed by atoms with E-state index in [0.29, 0.717) is 5.52 Å². The first kappa shape index (κ1) is 6.09. The lowest BCUT2D eigenvalue weighted by molar-refractivity contribution is -0.577. The van der Waals surface area contributed by atoms with Crippen LogP contribution in [-0.4, -0.2) is 4.98 Å². The van der Waals surface area contributed by atoms with Crippen LogP contribution in [0.25, 0.3) is 10.9 Å². The summed E-state index contributed by atoms with van der Waals surface area (Å²) in [6.45, 7) is 0. The van der Waals surface area contributed by atoms with E-state index in [-0.39, 0.29) is 0 Å². The van der Waals surface area contributed by atoms with Crippen LogP contribution in [0.5, 0.6) is 0 Å². The van der Waals surface area contributed by atoms with Gasteiger partial charge in [-0.05, 0) is 0 Å². The summed E-state index contributed by atoms with van der Waals surface area (Å²) >= 11 is 0. The molecular weight excluding hydrogens is 140 g/mol. The minimum Gasteiger partial charge on any atom is -0.618 e. The molecule has 1 radical (unpaired) electrons. The first-order valence-electron chi connectivity index (χ1n) is 3.21. The number of nitrogens with zero attached hydrogens (tertiary/aromatic N) is 2. The van der Waals surface area contributed by atoms with Crippen LogP contribution < -0.4 is 4.73 Å². The van der Waals surface area contributed by atoms with Gasteiger partial charge in [-0.3, -0.25) is 4.98 Å². The second-order valence-corrected chi connectivity index (χ2v) is 2.18. The summed E-state index contributed by atoms with van der Waals surface area (Å²) in [5.74, 6) is 0. The molecule has 2 aromatic rings. The summed E-state index contributed by atoms with van der Waals surface area (Å²) < 4.78 is 0.799. The fourth-order valence-electron chi connectivity index (χ4n) is 0.966. The first-order chi connectivity index (χ1) is 5.38. The third-order valence-electron chi connectivity index (χ3n) is 1.48. The number of aromatic nitrogens is 2. The zero-order valence-electron chi connectivity index (χ0n) is 5.69. The van der Waals surface area contributed by atoms with E-state index in [4.69, 9.17) is 0 Å². The van der Waals surface area contributed by atoms with Crippen molar-refractivity contribution in [3.05, 3.63) is 42.0 Å². The third-order valence-corrected chi connectivity index (χ3v) is 1.48. The van der Waals surface area contributed by atoms with Gasteiger partial charge in [0.25, 0.3) is 0 Å². The molecule has 0 aliphatic heterocycles. The number of rotatable bonds is 0. The molecule has 0 saturated heterocycles. The van der Waals surface area contributed by atoms with E-state index in [1.165, 1.54) is 6.20 Å². The van der Waals surface area contributed by atoms with Crippen molar-refractivity contribution in [2.24, 2.45) is 0 Å². The smallest absolute Gasteiger partial charge is 0.227 e. The Balaban J connectivity index is 2.91. The second kappa shape index (κ2) is 2.20. The average molecular weight is 145 g/mol. The van der Waals surface area contributed by atoms with Crippen LogP contribution in [0.15, 0.2) is 30.7 Å². The number of pyridine rings is 2. The van der Waals surface area contributed by atoms with Gasteiger partial charge < -0.3 is 5.21 Å². The molecule has 3 heteroatoms. The van der Waals surface area contributed by atoms with Gasteiger partial charge >= 0.3 is 0 Å². The van der Waals surface area contributed by atoms with Crippen molar-refractivity contribution in [3.63, 3.8) is 0 Å². The Morgan fingerprint density at radius 2 is 2.45 bits per heavy atom.